The lowest BCUT2D eigenvalue weighted by Gasteiger charge is -2.47. The summed E-state index contributed by atoms with van der Waals surface area (Å²) >= 11 is 5.97. The monoisotopic (exact) mass is 320 g/mol. The minimum Gasteiger partial charge on any atom is -0.397 e. The Morgan fingerprint density at radius 1 is 1.14 bits per heavy atom. The SMILES string of the molecule is Nc1cc(N2CCN(C3CN4CCC3CC4)C2=O)ccc1Cl. The molecule has 2 N–H and O–H groups in total. The Labute approximate surface area is 135 Å². The molecule has 0 aromatic heterocycles. The number of benzene rings is 1. The van der Waals surface area contributed by atoms with Crippen molar-refractivity contribution in [3.8, 4) is 0 Å². The largest absolute Gasteiger partial charge is 0.397 e. The van der Waals surface area contributed by atoms with Crippen LogP contribution in [0.15, 0.2) is 18.2 Å². The molecule has 1 unspecified atom stereocenters. The molecule has 1 atom stereocenters. The molecule has 4 fully saturated rings. The number of rotatable bonds is 2. The van der Waals surface area contributed by atoms with Crippen LogP contribution in [0.25, 0.3) is 0 Å². The fraction of sp³-hybridized carbons (Fsp3) is 0.562. The quantitative estimate of drug-likeness (QED) is 0.850. The smallest absolute Gasteiger partial charge is 0.324 e. The number of amides is 2. The van der Waals surface area contributed by atoms with Gasteiger partial charge in [-0.2, -0.15) is 0 Å². The number of hydrogen-bond donors (Lipinski definition) is 1. The zero-order chi connectivity index (χ0) is 15.3. The van der Waals surface area contributed by atoms with Gasteiger partial charge in [0.15, 0.2) is 0 Å². The van der Waals surface area contributed by atoms with Gasteiger partial charge in [-0.05, 0) is 50.0 Å². The van der Waals surface area contributed by atoms with Gasteiger partial charge < -0.3 is 15.5 Å². The van der Waals surface area contributed by atoms with Crippen molar-refractivity contribution in [1.29, 1.82) is 0 Å². The van der Waals surface area contributed by atoms with Crippen LogP contribution in [-0.2, 0) is 0 Å². The first-order chi connectivity index (χ1) is 10.6. The fourth-order valence-corrected chi connectivity index (χ4v) is 4.20. The van der Waals surface area contributed by atoms with Crippen LogP contribution in [0.2, 0.25) is 5.02 Å². The molecular formula is C16H21ClN4O. The number of urea groups is 1. The van der Waals surface area contributed by atoms with E-state index >= 15 is 0 Å². The summed E-state index contributed by atoms with van der Waals surface area (Å²) in [6.07, 6.45) is 2.45. The van der Waals surface area contributed by atoms with Gasteiger partial charge in [-0.3, -0.25) is 4.90 Å². The maximum absolute atomic E-state index is 12.8. The molecule has 118 valence electrons. The summed E-state index contributed by atoms with van der Waals surface area (Å²) in [7, 11) is 0. The maximum atomic E-state index is 12.8. The topological polar surface area (TPSA) is 52.8 Å². The maximum Gasteiger partial charge on any atom is 0.324 e. The standard InChI is InChI=1S/C16H21ClN4O/c17-13-2-1-12(9-14(13)18)20-7-8-21(16(20)22)15-10-19-5-3-11(15)4-6-19/h1-2,9,11,15H,3-8,10,18H2. The number of fused-ring (bicyclic) bond motifs is 3. The molecule has 2 bridgehead atoms. The zero-order valence-electron chi connectivity index (χ0n) is 12.5. The third-order valence-electron chi connectivity index (χ3n) is 5.35. The van der Waals surface area contributed by atoms with Crippen LogP contribution in [0.5, 0.6) is 0 Å². The first-order valence-corrected chi connectivity index (χ1v) is 8.37. The minimum atomic E-state index is 0.112. The number of hydrogen-bond acceptors (Lipinski definition) is 3. The van der Waals surface area contributed by atoms with E-state index < -0.39 is 0 Å². The summed E-state index contributed by atoms with van der Waals surface area (Å²) in [5.41, 5.74) is 7.24. The molecular weight excluding hydrogens is 300 g/mol. The Hall–Kier alpha value is -1.46. The van der Waals surface area contributed by atoms with Crippen molar-refractivity contribution >= 4 is 29.0 Å². The summed E-state index contributed by atoms with van der Waals surface area (Å²) in [5.74, 6) is 0.671. The third kappa shape index (κ3) is 2.23. The average Bonchev–Trinajstić information content (AvgIpc) is 2.93. The summed E-state index contributed by atoms with van der Waals surface area (Å²) in [6, 6.07) is 5.91. The lowest BCUT2D eigenvalue weighted by atomic mass is 9.83. The number of nitrogens with zero attached hydrogens (tertiary/aromatic N) is 3. The van der Waals surface area contributed by atoms with Crippen LogP contribution in [0, 0.1) is 5.92 Å². The van der Waals surface area contributed by atoms with Crippen LogP contribution in [-0.4, -0.2) is 54.6 Å². The number of carbonyl (C=O) groups is 1. The molecule has 4 aliphatic rings. The lowest BCUT2D eigenvalue weighted by molar-refractivity contribution is 0.0300. The number of nitrogen functional groups attached to an aromatic ring is 1. The highest BCUT2D eigenvalue weighted by Gasteiger charge is 2.43. The highest BCUT2D eigenvalue weighted by atomic mass is 35.5. The minimum absolute atomic E-state index is 0.112. The van der Waals surface area contributed by atoms with E-state index in [1.54, 1.807) is 12.1 Å². The van der Waals surface area contributed by atoms with Gasteiger partial charge in [0.05, 0.1) is 10.7 Å². The van der Waals surface area contributed by atoms with Crippen molar-refractivity contribution in [2.75, 3.05) is 43.4 Å². The van der Waals surface area contributed by atoms with E-state index in [-0.39, 0.29) is 6.03 Å². The Bertz CT molecular complexity index is 600. The summed E-state index contributed by atoms with van der Waals surface area (Å²) in [4.78, 5) is 19.2. The first kappa shape index (κ1) is 14.2. The molecule has 4 aliphatic heterocycles. The van der Waals surface area contributed by atoms with Crippen molar-refractivity contribution in [2.24, 2.45) is 5.92 Å². The van der Waals surface area contributed by atoms with Crippen LogP contribution >= 0.6 is 11.6 Å². The van der Waals surface area contributed by atoms with Gasteiger partial charge in [0.2, 0.25) is 0 Å². The normalized spacial score (nSPS) is 31.1. The van der Waals surface area contributed by atoms with E-state index in [1.807, 2.05) is 11.0 Å². The van der Waals surface area contributed by atoms with E-state index in [0.717, 1.165) is 25.3 Å². The van der Waals surface area contributed by atoms with Crippen LogP contribution < -0.4 is 10.6 Å². The highest BCUT2D eigenvalue weighted by molar-refractivity contribution is 6.33. The molecule has 5 rings (SSSR count). The molecule has 4 saturated heterocycles. The van der Waals surface area contributed by atoms with Crippen molar-refractivity contribution < 1.29 is 4.79 Å². The Morgan fingerprint density at radius 2 is 1.91 bits per heavy atom. The second-order valence-electron chi connectivity index (χ2n) is 6.54. The van der Waals surface area contributed by atoms with Gasteiger partial charge in [0.25, 0.3) is 0 Å². The van der Waals surface area contributed by atoms with Crippen molar-refractivity contribution in [2.45, 2.75) is 18.9 Å². The average molecular weight is 321 g/mol. The van der Waals surface area contributed by atoms with Crippen molar-refractivity contribution in [3.63, 3.8) is 0 Å². The van der Waals surface area contributed by atoms with E-state index in [9.17, 15) is 4.79 Å². The molecule has 1 aromatic carbocycles. The fourth-order valence-electron chi connectivity index (χ4n) is 4.09. The van der Waals surface area contributed by atoms with Gasteiger partial charge in [0, 0.05) is 31.4 Å². The number of carbonyl (C=O) groups excluding carboxylic acids is 1. The molecule has 22 heavy (non-hydrogen) atoms. The van der Waals surface area contributed by atoms with E-state index in [0.29, 0.717) is 22.7 Å². The number of piperidine rings is 3. The highest BCUT2D eigenvalue weighted by Crippen LogP contribution is 2.34. The summed E-state index contributed by atoms with van der Waals surface area (Å²) in [5, 5.41) is 0.532. The van der Waals surface area contributed by atoms with Crippen molar-refractivity contribution in [3.05, 3.63) is 23.2 Å². The van der Waals surface area contributed by atoms with Gasteiger partial charge in [-0.15, -0.1) is 0 Å². The predicted octanol–water partition coefficient (Wildman–Crippen LogP) is 2.26. The molecule has 2 amide bonds. The molecule has 0 aliphatic carbocycles. The molecule has 4 heterocycles. The third-order valence-corrected chi connectivity index (χ3v) is 5.70. The number of nitrogens with two attached hydrogens (primary N) is 1. The lowest BCUT2D eigenvalue weighted by Crippen LogP contribution is -2.58. The molecule has 0 spiro atoms. The van der Waals surface area contributed by atoms with E-state index in [2.05, 4.69) is 9.80 Å². The molecule has 1 aromatic rings. The van der Waals surface area contributed by atoms with Gasteiger partial charge in [-0.1, -0.05) is 11.6 Å². The molecule has 0 saturated carbocycles. The number of anilines is 2. The number of halogens is 1. The first-order valence-electron chi connectivity index (χ1n) is 7.99. The Kier molecular flexibility index (Phi) is 3.42. The van der Waals surface area contributed by atoms with E-state index in [4.69, 9.17) is 17.3 Å². The zero-order valence-corrected chi connectivity index (χ0v) is 13.3. The van der Waals surface area contributed by atoms with Gasteiger partial charge >= 0.3 is 6.03 Å². The van der Waals surface area contributed by atoms with Gasteiger partial charge in [0.1, 0.15) is 0 Å². The summed E-state index contributed by atoms with van der Waals surface area (Å²) in [6.45, 7) is 4.95. The summed E-state index contributed by atoms with van der Waals surface area (Å²) < 4.78 is 0. The van der Waals surface area contributed by atoms with Crippen LogP contribution in [0.4, 0.5) is 16.2 Å². The second-order valence-corrected chi connectivity index (χ2v) is 6.95. The Balaban J connectivity index is 1.54. The van der Waals surface area contributed by atoms with Crippen LogP contribution in [0.3, 0.4) is 0 Å². The van der Waals surface area contributed by atoms with Crippen LogP contribution in [0.1, 0.15) is 12.8 Å². The van der Waals surface area contributed by atoms with Crippen molar-refractivity contribution in [1.82, 2.24) is 9.80 Å². The Morgan fingerprint density at radius 3 is 2.55 bits per heavy atom. The molecule has 0 radical (unpaired) electrons. The second kappa shape index (κ2) is 5.32. The van der Waals surface area contributed by atoms with E-state index in [1.165, 1.54) is 25.9 Å². The predicted molar refractivity (Wildman–Crippen MR) is 88.3 cm³/mol. The van der Waals surface area contributed by atoms with Gasteiger partial charge in [-0.25, -0.2) is 4.79 Å². The molecule has 5 nitrogen and oxygen atoms in total. The molecule has 6 heteroatoms.